The lowest BCUT2D eigenvalue weighted by atomic mass is 10.1. The number of thiophene rings is 2. The Kier molecular flexibility index (Phi) is 6.03. The largest absolute Gasteiger partial charge is 0.451 e. The summed E-state index contributed by atoms with van der Waals surface area (Å²) in [5, 5.41) is 4.70. The second kappa shape index (κ2) is 8.44. The average Bonchev–Trinajstić information content (AvgIpc) is 3.30. The van der Waals surface area contributed by atoms with Gasteiger partial charge in [0.05, 0.1) is 10.4 Å². The van der Waals surface area contributed by atoms with Gasteiger partial charge in [-0.3, -0.25) is 4.79 Å². The zero-order chi connectivity index (χ0) is 18.5. The van der Waals surface area contributed by atoms with Gasteiger partial charge in [0.2, 0.25) is 0 Å². The van der Waals surface area contributed by atoms with Crippen LogP contribution in [-0.2, 0) is 9.53 Å². The van der Waals surface area contributed by atoms with E-state index in [-0.39, 0.29) is 5.82 Å². The molecule has 0 fully saturated rings. The van der Waals surface area contributed by atoms with Gasteiger partial charge in [-0.2, -0.15) is 0 Å². The van der Waals surface area contributed by atoms with Crippen LogP contribution in [0.1, 0.15) is 26.2 Å². The minimum absolute atomic E-state index is 0.330. The molecule has 0 saturated heterocycles. The number of rotatable bonds is 6. The Morgan fingerprint density at radius 3 is 2.54 bits per heavy atom. The minimum Gasteiger partial charge on any atom is -0.451 e. The van der Waals surface area contributed by atoms with Crippen LogP contribution in [0.5, 0.6) is 0 Å². The maximum absolute atomic E-state index is 13.2. The van der Waals surface area contributed by atoms with E-state index in [2.05, 4.69) is 5.32 Å². The molecular weight excluding hydrogens is 397 g/mol. The molecule has 0 aliphatic heterocycles. The van der Waals surface area contributed by atoms with Crippen LogP contribution in [0.4, 0.5) is 4.39 Å². The molecule has 134 valence electrons. The van der Waals surface area contributed by atoms with E-state index < -0.39 is 24.5 Å². The van der Waals surface area contributed by atoms with Crippen molar-refractivity contribution in [1.29, 1.82) is 0 Å². The van der Waals surface area contributed by atoms with Crippen molar-refractivity contribution in [2.45, 2.75) is 6.04 Å². The first-order valence-corrected chi connectivity index (χ1v) is 9.61. The van der Waals surface area contributed by atoms with Gasteiger partial charge in [-0.1, -0.05) is 29.8 Å². The van der Waals surface area contributed by atoms with Crippen molar-refractivity contribution in [2.24, 2.45) is 0 Å². The topological polar surface area (TPSA) is 55.4 Å². The van der Waals surface area contributed by atoms with Gasteiger partial charge in [0, 0.05) is 4.88 Å². The van der Waals surface area contributed by atoms with Crippen LogP contribution in [0.3, 0.4) is 0 Å². The predicted molar refractivity (Wildman–Crippen MR) is 100 cm³/mol. The van der Waals surface area contributed by atoms with Crippen LogP contribution < -0.4 is 5.32 Å². The van der Waals surface area contributed by atoms with E-state index in [0.29, 0.717) is 9.21 Å². The first kappa shape index (κ1) is 18.6. The van der Waals surface area contributed by atoms with Crippen molar-refractivity contribution >= 4 is 46.2 Å². The Balaban J connectivity index is 1.66. The first-order chi connectivity index (χ1) is 12.5. The monoisotopic (exact) mass is 409 g/mol. The number of benzene rings is 1. The maximum Gasteiger partial charge on any atom is 0.348 e. The molecule has 3 rings (SSSR count). The summed E-state index contributed by atoms with van der Waals surface area (Å²) in [5.74, 6) is -1.41. The third-order valence-corrected chi connectivity index (χ3v) is 5.59. The highest BCUT2D eigenvalue weighted by molar-refractivity contribution is 7.17. The Morgan fingerprint density at radius 2 is 1.92 bits per heavy atom. The van der Waals surface area contributed by atoms with Gasteiger partial charge in [0.1, 0.15) is 10.7 Å². The van der Waals surface area contributed by atoms with Crippen molar-refractivity contribution in [2.75, 3.05) is 6.61 Å². The van der Waals surface area contributed by atoms with Crippen molar-refractivity contribution < 1.29 is 18.7 Å². The molecular formula is C18H13ClFNO3S2. The van der Waals surface area contributed by atoms with Gasteiger partial charge < -0.3 is 10.1 Å². The molecule has 2 heterocycles. The Bertz CT molecular complexity index is 894. The van der Waals surface area contributed by atoms with E-state index in [4.69, 9.17) is 16.3 Å². The highest BCUT2D eigenvalue weighted by Crippen LogP contribution is 2.26. The van der Waals surface area contributed by atoms with E-state index >= 15 is 0 Å². The van der Waals surface area contributed by atoms with Gasteiger partial charge in [-0.25, -0.2) is 9.18 Å². The summed E-state index contributed by atoms with van der Waals surface area (Å²) in [4.78, 5) is 25.4. The number of esters is 1. The molecule has 2 aromatic heterocycles. The molecule has 3 aromatic rings. The van der Waals surface area contributed by atoms with E-state index in [0.717, 1.165) is 21.8 Å². The molecule has 4 nitrogen and oxygen atoms in total. The second-order valence-electron chi connectivity index (χ2n) is 5.25. The van der Waals surface area contributed by atoms with E-state index in [1.165, 1.54) is 23.5 Å². The van der Waals surface area contributed by atoms with Gasteiger partial charge in [0.15, 0.2) is 6.61 Å². The third-order valence-electron chi connectivity index (χ3n) is 3.45. The minimum atomic E-state index is -0.605. The van der Waals surface area contributed by atoms with E-state index in [9.17, 15) is 14.0 Å². The number of carbonyl (C=O) groups excluding carboxylic acids is 2. The van der Waals surface area contributed by atoms with Crippen molar-refractivity contribution in [3.05, 3.63) is 79.4 Å². The zero-order valence-electron chi connectivity index (χ0n) is 13.3. The quantitative estimate of drug-likeness (QED) is 0.602. The summed E-state index contributed by atoms with van der Waals surface area (Å²) in [6.07, 6.45) is 0. The summed E-state index contributed by atoms with van der Waals surface area (Å²) in [6.45, 7) is -0.419. The third kappa shape index (κ3) is 4.69. The fraction of sp³-hybridized carbons (Fsp3) is 0.111. The summed E-state index contributed by atoms with van der Waals surface area (Å²) in [6, 6.07) is 12.3. The lowest BCUT2D eigenvalue weighted by molar-refractivity contribution is -0.124. The highest BCUT2D eigenvalue weighted by Gasteiger charge is 2.19. The smallest absolute Gasteiger partial charge is 0.348 e. The fourth-order valence-electron chi connectivity index (χ4n) is 2.26. The molecule has 0 saturated carbocycles. The Morgan fingerprint density at radius 1 is 1.15 bits per heavy atom. The average molecular weight is 410 g/mol. The van der Waals surface area contributed by atoms with Crippen molar-refractivity contribution in [1.82, 2.24) is 5.32 Å². The molecule has 0 radical (unpaired) electrons. The predicted octanol–water partition coefficient (Wildman–Crippen LogP) is 4.66. The van der Waals surface area contributed by atoms with Crippen LogP contribution in [0.2, 0.25) is 4.34 Å². The number of hydrogen-bond donors (Lipinski definition) is 1. The van der Waals surface area contributed by atoms with Crippen molar-refractivity contribution in [3.63, 3.8) is 0 Å². The normalized spacial score (nSPS) is 11.8. The number of ether oxygens (including phenoxy) is 1. The summed E-state index contributed by atoms with van der Waals surface area (Å²) >= 11 is 8.33. The summed E-state index contributed by atoms with van der Waals surface area (Å²) in [5.41, 5.74) is 0.735. The highest BCUT2D eigenvalue weighted by atomic mass is 35.5. The number of amides is 1. The van der Waals surface area contributed by atoms with E-state index in [1.807, 2.05) is 17.5 Å². The van der Waals surface area contributed by atoms with Crippen LogP contribution in [0.15, 0.2) is 53.9 Å². The molecule has 1 atom stereocenters. The molecule has 0 aliphatic rings. The second-order valence-corrected chi connectivity index (χ2v) is 7.94. The van der Waals surface area contributed by atoms with Gasteiger partial charge >= 0.3 is 5.97 Å². The summed E-state index contributed by atoms with van der Waals surface area (Å²) < 4.78 is 18.7. The van der Waals surface area contributed by atoms with Gasteiger partial charge in [0.25, 0.3) is 5.91 Å². The number of halogens is 2. The number of hydrogen-bond acceptors (Lipinski definition) is 5. The molecule has 0 spiro atoms. The van der Waals surface area contributed by atoms with Crippen LogP contribution >= 0.6 is 34.3 Å². The Hall–Kier alpha value is -2.22. The van der Waals surface area contributed by atoms with E-state index in [1.54, 1.807) is 24.3 Å². The molecule has 0 bridgehead atoms. The van der Waals surface area contributed by atoms with Crippen LogP contribution in [-0.4, -0.2) is 18.5 Å². The Labute approximate surface area is 162 Å². The zero-order valence-corrected chi connectivity index (χ0v) is 15.7. The molecule has 1 amide bonds. The fourth-order valence-corrected chi connectivity index (χ4v) is 4.00. The lowest BCUT2D eigenvalue weighted by Crippen LogP contribution is -2.32. The molecule has 1 aromatic carbocycles. The first-order valence-electron chi connectivity index (χ1n) is 7.53. The molecule has 0 unspecified atom stereocenters. The lowest BCUT2D eigenvalue weighted by Gasteiger charge is -2.18. The van der Waals surface area contributed by atoms with Gasteiger partial charge in [-0.15, -0.1) is 22.7 Å². The summed E-state index contributed by atoms with van der Waals surface area (Å²) in [7, 11) is 0. The SMILES string of the molecule is O=C(COC(=O)c1ccc(Cl)s1)N[C@@H](c1ccc(F)cc1)c1cccs1. The number of carbonyl (C=O) groups is 2. The maximum atomic E-state index is 13.2. The molecule has 1 N–H and O–H groups in total. The van der Waals surface area contributed by atoms with Crippen LogP contribution in [0, 0.1) is 5.82 Å². The molecule has 26 heavy (non-hydrogen) atoms. The molecule has 0 aliphatic carbocycles. The van der Waals surface area contributed by atoms with Crippen LogP contribution in [0.25, 0.3) is 0 Å². The number of nitrogens with one attached hydrogen (secondary N) is 1. The van der Waals surface area contributed by atoms with Crippen molar-refractivity contribution in [3.8, 4) is 0 Å². The van der Waals surface area contributed by atoms with Gasteiger partial charge in [-0.05, 0) is 41.3 Å². The molecule has 8 heteroatoms. The standard InChI is InChI=1S/C18H13ClFNO3S2/c19-15-8-7-14(26-15)18(23)24-10-16(22)21-17(13-2-1-9-25-13)11-3-5-12(20)6-4-11/h1-9,17H,10H2,(H,21,22)/t17-/m0/s1.